The van der Waals surface area contributed by atoms with Gasteiger partial charge in [-0.3, -0.25) is 10.1 Å². The van der Waals surface area contributed by atoms with Gasteiger partial charge in [-0.2, -0.15) is 0 Å². The Kier molecular flexibility index (Phi) is 6.85. The van der Waals surface area contributed by atoms with Crippen molar-refractivity contribution in [1.29, 1.82) is 0 Å². The lowest BCUT2D eigenvalue weighted by Gasteiger charge is -2.13. The fraction of sp³-hybridized carbons (Fsp3) is 0.500. The van der Waals surface area contributed by atoms with Crippen molar-refractivity contribution in [2.24, 2.45) is 16.8 Å². The van der Waals surface area contributed by atoms with E-state index >= 15 is 0 Å². The summed E-state index contributed by atoms with van der Waals surface area (Å²) < 4.78 is 19.1. The van der Waals surface area contributed by atoms with Crippen molar-refractivity contribution in [3.05, 3.63) is 35.6 Å². The molecule has 0 fully saturated rings. The van der Waals surface area contributed by atoms with Gasteiger partial charge in [0, 0.05) is 6.54 Å². The first kappa shape index (κ1) is 17.1. The van der Waals surface area contributed by atoms with Crippen LogP contribution >= 0.6 is 0 Å². The Bertz CT molecular complexity index is 499. The quantitative estimate of drug-likeness (QED) is 0.669. The maximum absolute atomic E-state index is 13.6. The van der Waals surface area contributed by atoms with Gasteiger partial charge in [-0.15, -0.1) is 0 Å². The Morgan fingerprint density at radius 3 is 2.48 bits per heavy atom. The lowest BCUT2D eigenvalue weighted by Crippen LogP contribution is -2.34. The molecule has 0 aliphatic heterocycles. The average molecular weight is 294 g/mol. The number of amidine groups is 1. The van der Waals surface area contributed by atoms with Crippen LogP contribution < -0.4 is 5.32 Å². The Morgan fingerprint density at radius 1 is 1.24 bits per heavy atom. The van der Waals surface area contributed by atoms with Crippen molar-refractivity contribution in [2.75, 3.05) is 13.2 Å². The molecule has 0 spiro atoms. The predicted octanol–water partition coefficient (Wildman–Crippen LogP) is 3.24. The molecular formula is C16H23FN2O2. The molecule has 0 radical (unpaired) electrons. The zero-order valence-corrected chi connectivity index (χ0v) is 13.0. The number of rotatable bonds is 5. The largest absolute Gasteiger partial charge is 0.465 e. The topological polar surface area (TPSA) is 50.7 Å². The van der Waals surface area contributed by atoms with Crippen LogP contribution in [0.15, 0.2) is 29.3 Å². The number of halogens is 1. The Labute approximate surface area is 125 Å². The third-order valence-electron chi connectivity index (χ3n) is 2.49. The van der Waals surface area contributed by atoms with Gasteiger partial charge < -0.3 is 4.74 Å². The van der Waals surface area contributed by atoms with Gasteiger partial charge in [0.1, 0.15) is 5.82 Å². The summed E-state index contributed by atoms with van der Waals surface area (Å²) in [5, 5.41) is 2.53. The zero-order chi connectivity index (χ0) is 15.8. The van der Waals surface area contributed by atoms with E-state index in [1.54, 1.807) is 6.07 Å². The summed E-state index contributed by atoms with van der Waals surface area (Å²) in [6.07, 6.45) is 0. The lowest BCUT2D eigenvalue weighted by molar-refractivity contribution is 0.0959. The first-order valence-corrected chi connectivity index (χ1v) is 7.13. The molecule has 0 unspecified atom stereocenters. The smallest absolute Gasteiger partial charge is 0.291 e. The molecule has 0 heterocycles. The molecule has 0 atom stereocenters. The SMILES string of the molecule is CC(C)CN=C(NC(=O)c1ccccc1F)OCC(C)C. The molecule has 0 saturated heterocycles. The molecule has 0 aromatic heterocycles. The van der Waals surface area contributed by atoms with Gasteiger partial charge >= 0.3 is 0 Å². The van der Waals surface area contributed by atoms with Gasteiger partial charge in [0.25, 0.3) is 11.9 Å². The highest BCUT2D eigenvalue weighted by atomic mass is 19.1. The molecule has 1 amide bonds. The number of nitrogens with one attached hydrogen (secondary N) is 1. The van der Waals surface area contributed by atoms with Crippen molar-refractivity contribution in [3.63, 3.8) is 0 Å². The summed E-state index contributed by atoms with van der Waals surface area (Å²) >= 11 is 0. The van der Waals surface area contributed by atoms with Crippen molar-refractivity contribution in [3.8, 4) is 0 Å². The molecule has 4 nitrogen and oxygen atoms in total. The van der Waals surface area contributed by atoms with Crippen LogP contribution in [0.4, 0.5) is 4.39 Å². The molecule has 21 heavy (non-hydrogen) atoms. The van der Waals surface area contributed by atoms with E-state index in [0.717, 1.165) is 0 Å². The maximum atomic E-state index is 13.6. The number of hydrogen-bond acceptors (Lipinski definition) is 3. The highest BCUT2D eigenvalue weighted by molar-refractivity contribution is 6.04. The van der Waals surface area contributed by atoms with E-state index in [1.807, 2.05) is 27.7 Å². The molecule has 0 aliphatic rings. The van der Waals surface area contributed by atoms with Crippen molar-refractivity contribution >= 4 is 11.9 Å². The van der Waals surface area contributed by atoms with Crippen LogP contribution in [0.25, 0.3) is 0 Å². The van der Waals surface area contributed by atoms with Gasteiger partial charge in [-0.1, -0.05) is 39.8 Å². The summed E-state index contributed by atoms with van der Waals surface area (Å²) in [5.41, 5.74) is -0.0251. The summed E-state index contributed by atoms with van der Waals surface area (Å²) in [5.74, 6) is -0.478. The monoisotopic (exact) mass is 294 g/mol. The molecule has 1 aromatic carbocycles. The maximum Gasteiger partial charge on any atom is 0.291 e. The second-order valence-corrected chi connectivity index (χ2v) is 5.68. The fourth-order valence-electron chi connectivity index (χ4n) is 1.44. The van der Waals surface area contributed by atoms with Crippen molar-refractivity contribution < 1.29 is 13.9 Å². The molecular weight excluding hydrogens is 271 g/mol. The summed E-state index contributed by atoms with van der Waals surface area (Å²) in [6, 6.07) is 5.96. The van der Waals surface area contributed by atoms with Crippen LogP contribution in [-0.4, -0.2) is 25.1 Å². The average Bonchev–Trinajstić information content (AvgIpc) is 2.41. The molecule has 1 aromatic rings. The zero-order valence-electron chi connectivity index (χ0n) is 13.0. The van der Waals surface area contributed by atoms with Gasteiger partial charge in [-0.25, -0.2) is 9.38 Å². The van der Waals surface area contributed by atoms with Crippen molar-refractivity contribution in [2.45, 2.75) is 27.7 Å². The van der Waals surface area contributed by atoms with E-state index in [-0.39, 0.29) is 11.6 Å². The summed E-state index contributed by atoms with van der Waals surface area (Å²) in [4.78, 5) is 16.3. The molecule has 1 N–H and O–H groups in total. The van der Waals surface area contributed by atoms with Gasteiger partial charge in [0.2, 0.25) is 0 Å². The number of carbonyl (C=O) groups excluding carboxylic acids is 1. The minimum Gasteiger partial charge on any atom is -0.465 e. The number of ether oxygens (including phenoxy) is 1. The Hall–Kier alpha value is -1.91. The van der Waals surface area contributed by atoms with E-state index in [9.17, 15) is 9.18 Å². The number of nitrogens with zero attached hydrogens (tertiary/aromatic N) is 1. The molecule has 0 bridgehead atoms. The van der Waals surface area contributed by atoms with Gasteiger partial charge in [0.05, 0.1) is 12.2 Å². The van der Waals surface area contributed by atoms with Crippen LogP contribution in [-0.2, 0) is 4.74 Å². The minimum absolute atomic E-state index is 0.0251. The van der Waals surface area contributed by atoms with E-state index in [2.05, 4.69) is 10.3 Å². The first-order chi connectivity index (χ1) is 9.90. The Balaban J connectivity index is 2.77. The second-order valence-electron chi connectivity index (χ2n) is 5.68. The number of benzene rings is 1. The molecule has 0 aliphatic carbocycles. The van der Waals surface area contributed by atoms with Crippen LogP contribution in [0.2, 0.25) is 0 Å². The van der Waals surface area contributed by atoms with Gasteiger partial charge in [-0.05, 0) is 24.0 Å². The number of aliphatic imine (C=N–C) groups is 1. The van der Waals surface area contributed by atoms with Crippen LogP contribution in [0, 0.1) is 17.7 Å². The van der Waals surface area contributed by atoms with E-state index in [4.69, 9.17) is 4.74 Å². The second kappa shape index (κ2) is 8.39. The minimum atomic E-state index is -0.568. The van der Waals surface area contributed by atoms with Crippen LogP contribution in [0.3, 0.4) is 0 Å². The lowest BCUT2D eigenvalue weighted by atomic mass is 10.2. The Morgan fingerprint density at radius 2 is 1.90 bits per heavy atom. The fourth-order valence-corrected chi connectivity index (χ4v) is 1.44. The number of carbonyl (C=O) groups is 1. The highest BCUT2D eigenvalue weighted by Crippen LogP contribution is 2.06. The first-order valence-electron chi connectivity index (χ1n) is 7.13. The molecule has 5 heteroatoms. The standard InChI is InChI=1S/C16H23FN2O2/c1-11(2)9-18-16(21-10-12(3)4)19-15(20)13-7-5-6-8-14(13)17/h5-8,11-12H,9-10H2,1-4H3,(H,18,19,20). The molecule has 1 rings (SSSR count). The third kappa shape index (κ3) is 6.38. The number of hydrogen-bond donors (Lipinski definition) is 1. The molecule has 0 saturated carbocycles. The van der Waals surface area contributed by atoms with E-state index < -0.39 is 11.7 Å². The van der Waals surface area contributed by atoms with Crippen molar-refractivity contribution in [1.82, 2.24) is 5.32 Å². The highest BCUT2D eigenvalue weighted by Gasteiger charge is 2.14. The van der Waals surface area contributed by atoms with E-state index in [0.29, 0.717) is 25.0 Å². The number of amides is 1. The third-order valence-corrected chi connectivity index (χ3v) is 2.49. The van der Waals surface area contributed by atoms with Gasteiger partial charge in [0.15, 0.2) is 0 Å². The summed E-state index contributed by atoms with van der Waals surface area (Å²) in [6.45, 7) is 9.00. The molecule has 116 valence electrons. The van der Waals surface area contributed by atoms with Crippen LogP contribution in [0.5, 0.6) is 0 Å². The van der Waals surface area contributed by atoms with E-state index in [1.165, 1.54) is 18.2 Å². The predicted molar refractivity (Wildman–Crippen MR) is 81.8 cm³/mol. The normalized spacial score (nSPS) is 11.9. The van der Waals surface area contributed by atoms with Crippen LogP contribution in [0.1, 0.15) is 38.1 Å². The summed E-state index contributed by atoms with van der Waals surface area (Å²) in [7, 11) is 0.